The molecule has 0 unspecified atom stereocenters. The highest BCUT2D eigenvalue weighted by Gasteiger charge is 2.37. The topological polar surface area (TPSA) is 12.9 Å². The maximum absolute atomic E-state index is 4.82. The number of fused-ring (bicyclic) bond motifs is 1. The number of rotatable bonds is 1. The maximum atomic E-state index is 4.82. The largest absolute Gasteiger partial charge is 0.256 e. The van der Waals surface area contributed by atoms with Gasteiger partial charge in [0.2, 0.25) is 0 Å². The molecular formula is C23H31N. The highest BCUT2D eigenvalue weighted by Crippen LogP contribution is 2.46. The van der Waals surface area contributed by atoms with Crippen LogP contribution in [0.2, 0.25) is 0 Å². The molecule has 0 amide bonds. The third kappa shape index (κ3) is 3.01. The summed E-state index contributed by atoms with van der Waals surface area (Å²) in [6.45, 7) is 16.2. The summed E-state index contributed by atoms with van der Waals surface area (Å²) in [5.74, 6) is 0. The average molecular weight is 322 g/mol. The molecule has 128 valence electrons. The number of nitrogens with zero attached hydrogens (tertiary/aromatic N) is 1. The van der Waals surface area contributed by atoms with Crippen molar-refractivity contribution in [3.8, 4) is 11.3 Å². The molecule has 3 rings (SSSR count). The predicted molar refractivity (Wildman–Crippen MR) is 104 cm³/mol. The minimum atomic E-state index is 0.188. The fraction of sp³-hybridized carbons (Fsp3) is 0.522. The van der Waals surface area contributed by atoms with Crippen LogP contribution in [0.25, 0.3) is 11.3 Å². The van der Waals surface area contributed by atoms with Crippen LogP contribution in [0, 0.1) is 0 Å². The minimum Gasteiger partial charge on any atom is -0.256 e. The van der Waals surface area contributed by atoms with Crippen LogP contribution in [0.4, 0.5) is 0 Å². The Hall–Kier alpha value is -1.63. The predicted octanol–water partition coefficient (Wildman–Crippen LogP) is 6.40. The Morgan fingerprint density at radius 2 is 1.38 bits per heavy atom. The van der Waals surface area contributed by atoms with E-state index >= 15 is 0 Å². The summed E-state index contributed by atoms with van der Waals surface area (Å²) in [6, 6.07) is 11.3. The first kappa shape index (κ1) is 17.2. The van der Waals surface area contributed by atoms with Crippen molar-refractivity contribution in [2.75, 3.05) is 0 Å². The van der Waals surface area contributed by atoms with Gasteiger partial charge in [0.1, 0.15) is 0 Å². The Balaban J connectivity index is 2.05. The molecular weight excluding hydrogens is 290 g/mol. The molecule has 0 spiro atoms. The van der Waals surface area contributed by atoms with E-state index in [2.05, 4.69) is 85.0 Å². The summed E-state index contributed by atoms with van der Waals surface area (Å²) in [5, 5.41) is 0. The quantitative estimate of drug-likeness (QED) is 0.592. The van der Waals surface area contributed by atoms with Crippen LogP contribution in [0.15, 0.2) is 36.5 Å². The second-order valence-corrected chi connectivity index (χ2v) is 9.71. The molecule has 1 heterocycles. The molecule has 1 aromatic heterocycles. The van der Waals surface area contributed by atoms with Gasteiger partial charge in [0.05, 0.1) is 5.69 Å². The van der Waals surface area contributed by atoms with E-state index in [0.29, 0.717) is 0 Å². The molecule has 0 aliphatic heterocycles. The highest BCUT2D eigenvalue weighted by molar-refractivity contribution is 5.62. The van der Waals surface area contributed by atoms with Gasteiger partial charge < -0.3 is 0 Å². The van der Waals surface area contributed by atoms with Crippen molar-refractivity contribution >= 4 is 0 Å². The first-order valence-corrected chi connectivity index (χ1v) is 9.13. The zero-order chi connectivity index (χ0) is 17.8. The minimum absolute atomic E-state index is 0.188. The SMILES string of the molecule is CC(C)(C)c1ccc(-c2cc3c(cn2)C(C)(C)CCC3(C)C)cc1. The van der Waals surface area contributed by atoms with Gasteiger partial charge in [0, 0.05) is 11.8 Å². The molecule has 0 N–H and O–H groups in total. The van der Waals surface area contributed by atoms with Crippen molar-refractivity contribution in [1.29, 1.82) is 0 Å². The van der Waals surface area contributed by atoms with Gasteiger partial charge in [-0.2, -0.15) is 0 Å². The van der Waals surface area contributed by atoms with Crippen molar-refractivity contribution in [2.45, 2.75) is 77.6 Å². The van der Waals surface area contributed by atoms with E-state index < -0.39 is 0 Å². The second kappa shape index (κ2) is 5.44. The lowest BCUT2D eigenvalue weighted by molar-refractivity contribution is 0.331. The lowest BCUT2D eigenvalue weighted by Gasteiger charge is -2.41. The van der Waals surface area contributed by atoms with Crippen LogP contribution in [-0.4, -0.2) is 4.98 Å². The van der Waals surface area contributed by atoms with Crippen molar-refractivity contribution in [2.24, 2.45) is 0 Å². The zero-order valence-electron chi connectivity index (χ0n) is 16.3. The average Bonchev–Trinajstić information content (AvgIpc) is 2.51. The van der Waals surface area contributed by atoms with Gasteiger partial charge in [-0.3, -0.25) is 4.98 Å². The van der Waals surface area contributed by atoms with E-state index in [1.165, 1.54) is 35.1 Å². The molecule has 2 aromatic rings. The van der Waals surface area contributed by atoms with Crippen LogP contribution in [0.1, 0.15) is 78.0 Å². The molecule has 24 heavy (non-hydrogen) atoms. The van der Waals surface area contributed by atoms with E-state index in [9.17, 15) is 0 Å². The first-order chi connectivity index (χ1) is 11.0. The fourth-order valence-corrected chi connectivity index (χ4v) is 3.75. The number of hydrogen-bond acceptors (Lipinski definition) is 1. The molecule has 0 atom stereocenters. The lowest BCUT2D eigenvalue weighted by atomic mass is 9.63. The van der Waals surface area contributed by atoms with Gasteiger partial charge in [-0.25, -0.2) is 0 Å². The second-order valence-electron chi connectivity index (χ2n) is 9.71. The van der Waals surface area contributed by atoms with Crippen LogP contribution in [0.3, 0.4) is 0 Å². The number of aromatic nitrogens is 1. The molecule has 1 nitrogen and oxygen atoms in total. The Bertz CT molecular complexity index is 743. The van der Waals surface area contributed by atoms with Crippen LogP contribution in [-0.2, 0) is 16.2 Å². The monoisotopic (exact) mass is 321 g/mol. The van der Waals surface area contributed by atoms with Gasteiger partial charge in [-0.15, -0.1) is 0 Å². The van der Waals surface area contributed by atoms with Crippen molar-refractivity contribution in [3.05, 3.63) is 53.2 Å². The van der Waals surface area contributed by atoms with E-state index in [4.69, 9.17) is 4.98 Å². The summed E-state index contributed by atoms with van der Waals surface area (Å²) in [7, 11) is 0. The summed E-state index contributed by atoms with van der Waals surface area (Å²) in [5.41, 5.74) is 7.22. The van der Waals surface area contributed by atoms with Gasteiger partial charge >= 0.3 is 0 Å². The first-order valence-electron chi connectivity index (χ1n) is 9.13. The number of benzene rings is 1. The van der Waals surface area contributed by atoms with E-state index in [1.54, 1.807) is 0 Å². The Labute approximate surface area is 147 Å². The van der Waals surface area contributed by atoms with E-state index in [-0.39, 0.29) is 16.2 Å². The van der Waals surface area contributed by atoms with Gasteiger partial charge in [-0.05, 0) is 51.8 Å². The maximum Gasteiger partial charge on any atom is 0.0705 e. The summed E-state index contributed by atoms with van der Waals surface area (Å²) in [6.07, 6.45) is 4.59. The van der Waals surface area contributed by atoms with Crippen LogP contribution >= 0.6 is 0 Å². The normalized spacial score (nSPS) is 19.0. The summed E-state index contributed by atoms with van der Waals surface area (Å²) < 4.78 is 0. The smallest absolute Gasteiger partial charge is 0.0705 e. The van der Waals surface area contributed by atoms with Crippen molar-refractivity contribution in [3.63, 3.8) is 0 Å². The molecule has 0 fully saturated rings. The molecule has 1 aliphatic carbocycles. The van der Waals surface area contributed by atoms with Gasteiger partial charge in [0.15, 0.2) is 0 Å². The van der Waals surface area contributed by atoms with Crippen LogP contribution in [0.5, 0.6) is 0 Å². The molecule has 1 heteroatoms. The molecule has 0 saturated carbocycles. The third-order valence-electron chi connectivity index (χ3n) is 5.78. The van der Waals surface area contributed by atoms with E-state index in [0.717, 1.165) is 5.69 Å². The molecule has 1 aromatic carbocycles. The van der Waals surface area contributed by atoms with Crippen LogP contribution < -0.4 is 0 Å². The Morgan fingerprint density at radius 1 is 0.833 bits per heavy atom. The summed E-state index contributed by atoms with van der Waals surface area (Å²) >= 11 is 0. The lowest BCUT2D eigenvalue weighted by Crippen LogP contribution is -2.34. The molecule has 0 bridgehead atoms. The van der Waals surface area contributed by atoms with E-state index in [1.807, 2.05) is 0 Å². The highest BCUT2D eigenvalue weighted by atomic mass is 14.7. The number of hydrogen-bond donors (Lipinski definition) is 0. The van der Waals surface area contributed by atoms with Crippen molar-refractivity contribution < 1.29 is 0 Å². The molecule has 1 aliphatic rings. The van der Waals surface area contributed by atoms with Crippen molar-refractivity contribution in [1.82, 2.24) is 4.98 Å². The number of pyridine rings is 1. The Morgan fingerprint density at radius 3 is 1.92 bits per heavy atom. The summed E-state index contributed by atoms with van der Waals surface area (Å²) in [4.78, 5) is 4.82. The van der Waals surface area contributed by atoms with Gasteiger partial charge in [-0.1, -0.05) is 72.7 Å². The molecule has 0 radical (unpaired) electrons. The van der Waals surface area contributed by atoms with Gasteiger partial charge in [0.25, 0.3) is 0 Å². The fourth-order valence-electron chi connectivity index (χ4n) is 3.75. The third-order valence-corrected chi connectivity index (χ3v) is 5.78. The molecule has 0 saturated heterocycles. The standard InChI is InChI=1S/C23H31N/c1-21(2,3)17-10-8-16(9-11-17)20-14-18-19(15-24-20)23(6,7)13-12-22(18,4)5/h8-11,14-15H,12-13H2,1-7H3. The Kier molecular flexibility index (Phi) is 3.90. The zero-order valence-corrected chi connectivity index (χ0v) is 16.3.